The molecule has 3 aromatic heterocycles. The van der Waals surface area contributed by atoms with Gasteiger partial charge in [0.2, 0.25) is 0 Å². The fourth-order valence-corrected chi connectivity index (χ4v) is 4.53. The van der Waals surface area contributed by atoms with Crippen molar-refractivity contribution >= 4 is 33.1 Å². The minimum absolute atomic E-state index is 0.832. The normalized spacial score (nSPS) is 11.7. The monoisotopic (exact) mass is 440 g/mol. The molecule has 0 aliphatic carbocycles. The summed E-state index contributed by atoms with van der Waals surface area (Å²) in [6.45, 7) is 1.96. The van der Waals surface area contributed by atoms with Gasteiger partial charge in [-0.05, 0) is 66.6 Å². The summed E-state index contributed by atoms with van der Waals surface area (Å²) in [6, 6.07) is 29.1. The van der Waals surface area contributed by atoms with Crippen LogP contribution in [-0.4, -0.2) is 29.9 Å². The van der Waals surface area contributed by atoms with Gasteiger partial charge in [-0.25, -0.2) is 15.0 Å². The first kappa shape index (κ1) is 18.8. The predicted octanol–water partition coefficient (Wildman–Crippen LogP) is 6.62. The van der Waals surface area contributed by atoms with Crippen LogP contribution in [0, 0.1) is 6.92 Å². The third kappa shape index (κ3) is 3.08. The molecule has 0 radical (unpaired) electrons. The summed E-state index contributed by atoms with van der Waals surface area (Å²) in [7, 11) is 0. The maximum absolute atomic E-state index is 4.83. The van der Waals surface area contributed by atoms with Gasteiger partial charge in [-0.2, -0.15) is 0 Å². The van der Waals surface area contributed by atoms with Crippen LogP contribution in [0.15, 0.2) is 84.9 Å². The maximum atomic E-state index is 4.83. The van der Waals surface area contributed by atoms with Crippen molar-refractivity contribution in [1.29, 1.82) is 0 Å². The van der Waals surface area contributed by atoms with Crippen LogP contribution in [0.25, 0.3) is 67.0 Å². The molecule has 0 atom stereocenters. The molecule has 3 N–H and O–H groups in total. The SMILES string of the molecule is Cc1nc2ccc(-c3nc4ccc(-c5nc6ccc(-c7ccccc7)cc6[nH]5)cc4[nH]3)cc2[nH]1. The number of hydrogen-bond donors (Lipinski definition) is 3. The summed E-state index contributed by atoms with van der Waals surface area (Å²) in [6.07, 6.45) is 0. The van der Waals surface area contributed by atoms with Gasteiger partial charge in [-0.15, -0.1) is 0 Å². The number of benzene rings is 4. The maximum Gasteiger partial charge on any atom is 0.138 e. The number of aryl methyl sites for hydroxylation is 1. The van der Waals surface area contributed by atoms with E-state index in [1.165, 1.54) is 11.1 Å². The minimum atomic E-state index is 0.832. The third-order valence-corrected chi connectivity index (χ3v) is 6.22. The first-order valence-corrected chi connectivity index (χ1v) is 11.2. The van der Waals surface area contributed by atoms with Gasteiger partial charge >= 0.3 is 0 Å². The second kappa shape index (κ2) is 7.15. The van der Waals surface area contributed by atoms with E-state index in [1.54, 1.807) is 0 Å². The molecule has 4 aromatic carbocycles. The summed E-state index contributed by atoms with van der Waals surface area (Å²) < 4.78 is 0. The van der Waals surface area contributed by atoms with Crippen molar-refractivity contribution in [2.75, 3.05) is 0 Å². The Labute approximate surface area is 194 Å². The van der Waals surface area contributed by atoms with E-state index in [0.717, 1.165) is 61.7 Å². The largest absolute Gasteiger partial charge is 0.342 e. The van der Waals surface area contributed by atoms with Crippen LogP contribution in [0.5, 0.6) is 0 Å². The van der Waals surface area contributed by atoms with E-state index < -0.39 is 0 Å². The van der Waals surface area contributed by atoms with Crippen LogP contribution in [0.3, 0.4) is 0 Å². The zero-order chi connectivity index (χ0) is 22.6. The second-order valence-corrected chi connectivity index (χ2v) is 8.55. The highest BCUT2D eigenvalue weighted by Crippen LogP contribution is 2.29. The van der Waals surface area contributed by atoms with Crippen LogP contribution < -0.4 is 0 Å². The molecule has 0 amide bonds. The van der Waals surface area contributed by atoms with Crippen LogP contribution >= 0.6 is 0 Å². The highest BCUT2D eigenvalue weighted by Gasteiger charge is 2.11. The van der Waals surface area contributed by atoms with E-state index >= 15 is 0 Å². The zero-order valence-corrected chi connectivity index (χ0v) is 18.4. The lowest BCUT2D eigenvalue weighted by Crippen LogP contribution is -1.81. The lowest BCUT2D eigenvalue weighted by molar-refractivity contribution is 1.17. The first-order valence-electron chi connectivity index (χ1n) is 11.2. The minimum Gasteiger partial charge on any atom is -0.342 e. The van der Waals surface area contributed by atoms with E-state index in [2.05, 4.69) is 80.6 Å². The molecule has 162 valence electrons. The molecule has 7 aromatic rings. The van der Waals surface area contributed by atoms with Crippen molar-refractivity contribution in [2.24, 2.45) is 0 Å². The van der Waals surface area contributed by atoms with Gasteiger partial charge in [0.1, 0.15) is 17.5 Å². The molecule has 7 rings (SSSR count). The number of H-pyrrole nitrogens is 3. The van der Waals surface area contributed by atoms with Crippen molar-refractivity contribution in [3.63, 3.8) is 0 Å². The number of nitrogens with zero attached hydrogens (tertiary/aromatic N) is 3. The Morgan fingerprint density at radius 3 is 1.59 bits per heavy atom. The molecule has 0 unspecified atom stereocenters. The molecule has 0 fully saturated rings. The molecular weight excluding hydrogens is 420 g/mol. The van der Waals surface area contributed by atoms with Gasteiger partial charge in [-0.1, -0.05) is 36.4 Å². The molecule has 34 heavy (non-hydrogen) atoms. The topological polar surface area (TPSA) is 86.0 Å². The van der Waals surface area contributed by atoms with E-state index in [-0.39, 0.29) is 0 Å². The van der Waals surface area contributed by atoms with Gasteiger partial charge in [0, 0.05) is 11.1 Å². The molecule has 0 bridgehead atoms. The van der Waals surface area contributed by atoms with Crippen molar-refractivity contribution in [2.45, 2.75) is 6.92 Å². The molecule has 0 aliphatic heterocycles. The van der Waals surface area contributed by atoms with Gasteiger partial charge in [-0.3, -0.25) is 0 Å². The van der Waals surface area contributed by atoms with Gasteiger partial charge in [0.05, 0.1) is 33.1 Å². The molecule has 3 heterocycles. The Morgan fingerprint density at radius 1 is 0.471 bits per heavy atom. The number of aromatic nitrogens is 6. The molecule has 0 saturated carbocycles. The summed E-state index contributed by atoms with van der Waals surface area (Å²) >= 11 is 0. The van der Waals surface area contributed by atoms with Crippen LogP contribution in [0.4, 0.5) is 0 Å². The van der Waals surface area contributed by atoms with E-state index in [0.29, 0.717) is 0 Å². The molecule has 0 spiro atoms. The standard InChI is InChI=1S/C28H20N6/c1-16-29-21-11-8-19(14-24(21)30-16)27-32-23-12-9-20(15-26(23)34-27)28-31-22-10-7-18(13-25(22)33-28)17-5-3-2-4-6-17/h2-15H,1H3,(H,29,30)(H,31,33)(H,32,34). The highest BCUT2D eigenvalue weighted by atomic mass is 14.9. The van der Waals surface area contributed by atoms with Crippen LogP contribution in [-0.2, 0) is 0 Å². The number of imidazole rings is 3. The lowest BCUT2D eigenvalue weighted by Gasteiger charge is -2.00. The van der Waals surface area contributed by atoms with Crippen LogP contribution in [0.1, 0.15) is 5.82 Å². The number of nitrogens with one attached hydrogen (secondary N) is 3. The summed E-state index contributed by atoms with van der Waals surface area (Å²) in [5, 5.41) is 0. The van der Waals surface area contributed by atoms with Crippen LogP contribution in [0.2, 0.25) is 0 Å². The Morgan fingerprint density at radius 2 is 0.971 bits per heavy atom. The zero-order valence-electron chi connectivity index (χ0n) is 18.4. The smallest absolute Gasteiger partial charge is 0.138 e. The molecule has 6 nitrogen and oxygen atoms in total. The third-order valence-electron chi connectivity index (χ3n) is 6.22. The molecule has 0 saturated heterocycles. The summed E-state index contributed by atoms with van der Waals surface area (Å²) in [5.41, 5.74) is 10.2. The van der Waals surface area contributed by atoms with Crippen molar-refractivity contribution in [1.82, 2.24) is 29.9 Å². The Hall–Kier alpha value is -4.71. The van der Waals surface area contributed by atoms with Crippen molar-refractivity contribution in [3.8, 4) is 33.9 Å². The van der Waals surface area contributed by atoms with E-state index in [9.17, 15) is 0 Å². The predicted molar refractivity (Wildman–Crippen MR) is 136 cm³/mol. The van der Waals surface area contributed by atoms with E-state index in [4.69, 9.17) is 9.97 Å². The summed E-state index contributed by atoms with van der Waals surface area (Å²) in [5.74, 6) is 2.58. The summed E-state index contributed by atoms with van der Waals surface area (Å²) in [4.78, 5) is 24.4. The number of fused-ring (bicyclic) bond motifs is 3. The fraction of sp³-hybridized carbons (Fsp3) is 0.0357. The average Bonchev–Trinajstić information content (AvgIpc) is 3.58. The van der Waals surface area contributed by atoms with Crippen molar-refractivity contribution in [3.05, 3.63) is 90.8 Å². The van der Waals surface area contributed by atoms with Gasteiger partial charge in [0.25, 0.3) is 0 Å². The number of hydrogen-bond acceptors (Lipinski definition) is 3. The first-order chi connectivity index (χ1) is 16.7. The highest BCUT2D eigenvalue weighted by molar-refractivity contribution is 5.88. The average molecular weight is 441 g/mol. The van der Waals surface area contributed by atoms with Crippen molar-refractivity contribution < 1.29 is 0 Å². The lowest BCUT2D eigenvalue weighted by atomic mass is 10.1. The fourth-order valence-electron chi connectivity index (χ4n) is 4.53. The van der Waals surface area contributed by atoms with Gasteiger partial charge in [0.15, 0.2) is 0 Å². The number of aromatic amines is 3. The molecular formula is C28H20N6. The Bertz CT molecular complexity index is 1820. The Balaban J connectivity index is 1.27. The molecule has 6 heteroatoms. The number of rotatable bonds is 3. The quantitative estimate of drug-likeness (QED) is 0.288. The molecule has 0 aliphatic rings. The van der Waals surface area contributed by atoms with E-state index in [1.807, 2.05) is 31.2 Å². The Kier molecular flexibility index (Phi) is 3.96. The second-order valence-electron chi connectivity index (χ2n) is 8.55. The van der Waals surface area contributed by atoms with Gasteiger partial charge < -0.3 is 15.0 Å².